The molecule has 1 aliphatic carbocycles. The summed E-state index contributed by atoms with van der Waals surface area (Å²) in [5, 5.41) is 5.53. The first-order valence-corrected chi connectivity index (χ1v) is 10.3. The van der Waals surface area contributed by atoms with Crippen molar-refractivity contribution in [2.45, 2.75) is 64.8 Å². The maximum absolute atomic E-state index is 13.0. The maximum Gasteiger partial charge on any atom is 0.325 e. The standard InChI is InChI=1S/C20H32N4O4/c1-14-10-19(2,3)13-20(11-14)17(27)24(18(28)22-20)12-15(25)21-7-6-16(26)23-8-4-5-9-23/h14H,4-13H2,1-3H3,(H,21,25)(H,22,28)/t14-,20+/m1/s1. The van der Waals surface area contributed by atoms with E-state index in [4.69, 9.17) is 0 Å². The van der Waals surface area contributed by atoms with Gasteiger partial charge in [0.25, 0.3) is 5.91 Å². The lowest BCUT2D eigenvalue weighted by Crippen LogP contribution is -2.54. The van der Waals surface area contributed by atoms with Crippen LogP contribution in [-0.2, 0) is 14.4 Å². The molecule has 1 saturated carbocycles. The SMILES string of the molecule is C[C@@H]1CC(C)(C)C[C@]2(C1)NC(=O)N(CC(=O)NCCC(=O)N1CCCC1)C2=O. The van der Waals surface area contributed by atoms with Gasteiger partial charge in [0.2, 0.25) is 11.8 Å². The first-order chi connectivity index (χ1) is 13.1. The van der Waals surface area contributed by atoms with E-state index in [0.29, 0.717) is 18.8 Å². The number of amides is 5. The van der Waals surface area contributed by atoms with Gasteiger partial charge in [-0.1, -0.05) is 20.8 Å². The predicted octanol–water partition coefficient (Wildman–Crippen LogP) is 1.25. The molecule has 3 aliphatic rings. The number of nitrogens with zero attached hydrogens (tertiary/aromatic N) is 2. The van der Waals surface area contributed by atoms with E-state index in [-0.39, 0.29) is 36.7 Å². The quantitative estimate of drug-likeness (QED) is 0.688. The van der Waals surface area contributed by atoms with Crippen molar-refractivity contribution in [2.24, 2.45) is 11.3 Å². The molecule has 0 radical (unpaired) electrons. The average Bonchev–Trinajstić information content (AvgIpc) is 3.17. The number of urea groups is 1. The van der Waals surface area contributed by atoms with Gasteiger partial charge in [-0.3, -0.25) is 19.3 Å². The topological polar surface area (TPSA) is 98.8 Å². The second-order valence-corrected chi connectivity index (χ2v) is 9.45. The Morgan fingerprint density at radius 2 is 1.86 bits per heavy atom. The van der Waals surface area contributed by atoms with Crippen LogP contribution in [0.2, 0.25) is 0 Å². The minimum absolute atomic E-state index is 0.0326. The lowest BCUT2D eigenvalue weighted by atomic mass is 9.64. The summed E-state index contributed by atoms with van der Waals surface area (Å²) in [6, 6.07) is -0.502. The number of carbonyl (C=O) groups is 4. The van der Waals surface area contributed by atoms with Crippen molar-refractivity contribution >= 4 is 23.8 Å². The lowest BCUT2D eigenvalue weighted by Gasteiger charge is -2.43. The minimum atomic E-state index is -0.899. The third-order valence-corrected chi connectivity index (χ3v) is 6.05. The summed E-state index contributed by atoms with van der Waals surface area (Å²) in [6.45, 7) is 7.78. The summed E-state index contributed by atoms with van der Waals surface area (Å²) < 4.78 is 0. The molecule has 0 bridgehead atoms. The van der Waals surface area contributed by atoms with Crippen molar-refractivity contribution in [3.63, 3.8) is 0 Å². The van der Waals surface area contributed by atoms with Crippen LogP contribution < -0.4 is 10.6 Å². The summed E-state index contributed by atoms with van der Waals surface area (Å²) in [5.74, 6) is -0.373. The van der Waals surface area contributed by atoms with E-state index < -0.39 is 17.5 Å². The molecule has 3 rings (SSSR count). The smallest absolute Gasteiger partial charge is 0.325 e. The Balaban J connectivity index is 1.52. The van der Waals surface area contributed by atoms with Crippen LogP contribution in [0.1, 0.15) is 59.3 Å². The summed E-state index contributed by atoms with van der Waals surface area (Å²) in [5.41, 5.74) is -0.945. The molecule has 5 amide bonds. The molecule has 0 aromatic carbocycles. The fourth-order valence-corrected chi connectivity index (χ4v) is 5.28. The van der Waals surface area contributed by atoms with Gasteiger partial charge in [-0.15, -0.1) is 0 Å². The molecule has 0 aromatic rings. The number of imide groups is 1. The van der Waals surface area contributed by atoms with Crippen molar-refractivity contribution in [3.8, 4) is 0 Å². The van der Waals surface area contributed by atoms with Crippen LogP contribution in [-0.4, -0.2) is 65.3 Å². The van der Waals surface area contributed by atoms with Gasteiger partial charge in [0, 0.05) is 26.1 Å². The number of likely N-dealkylation sites (tertiary alicyclic amines) is 1. The van der Waals surface area contributed by atoms with Crippen LogP contribution in [0.3, 0.4) is 0 Å². The Labute approximate surface area is 166 Å². The molecule has 1 spiro atoms. The lowest BCUT2D eigenvalue weighted by molar-refractivity contribution is -0.137. The van der Waals surface area contributed by atoms with E-state index in [1.807, 2.05) is 0 Å². The van der Waals surface area contributed by atoms with Gasteiger partial charge < -0.3 is 15.5 Å². The normalized spacial score (nSPS) is 29.3. The van der Waals surface area contributed by atoms with Gasteiger partial charge in [0.1, 0.15) is 12.1 Å². The maximum atomic E-state index is 13.0. The second kappa shape index (κ2) is 7.72. The largest absolute Gasteiger partial charge is 0.354 e. The third kappa shape index (κ3) is 4.31. The first-order valence-electron chi connectivity index (χ1n) is 10.3. The fraction of sp³-hybridized carbons (Fsp3) is 0.800. The molecule has 0 aromatic heterocycles. The summed E-state index contributed by atoms with van der Waals surface area (Å²) in [7, 11) is 0. The highest BCUT2D eigenvalue weighted by atomic mass is 16.2. The highest BCUT2D eigenvalue weighted by Crippen LogP contribution is 2.46. The van der Waals surface area contributed by atoms with Gasteiger partial charge in [0.15, 0.2) is 0 Å². The molecule has 3 fully saturated rings. The molecular formula is C20H32N4O4. The van der Waals surface area contributed by atoms with E-state index >= 15 is 0 Å². The van der Waals surface area contributed by atoms with Gasteiger partial charge in [0.05, 0.1) is 0 Å². The van der Waals surface area contributed by atoms with Crippen LogP contribution in [0.5, 0.6) is 0 Å². The third-order valence-electron chi connectivity index (χ3n) is 6.05. The molecule has 0 unspecified atom stereocenters. The van der Waals surface area contributed by atoms with Gasteiger partial charge in [-0.05, 0) is 43.4 Å². The number of hydrogen-bond acceptors (Lipinski definition) is 4. The van der Waals surface area contributed by atoms with Crippen molar-refractivity contribution in [1.82, 2.24) is 20.4 Å². The Kier molecular flexibility index (Phi) is 5.68. The van der Waals surface area contributed by atoms with Crippen molar-refractivity contribution in [1.29, 1.82) is 0 Å². The van der Waals surface area contributed by atoms with Gasteiger partial charge >= 0.3 is 6.03 Å². The molecule has 2 saturated heterocycles. The average molecular weight is 393 g/mol. The number of hydrogen-bond donors (Lipinski definition) is 2. The zero-order chi connectivity index (χ0) is 20.5. The van der Waals surface area contributed by atoms with E-state index in [1.165, 1.54) is 0 Å². The number of carbonyl (C=O) groups excluding carboxylic acids is 4. The van der Waals surface area contributed by atoms with Crippen LogP contribution in [0.4, 0.5) is 4.79 Å². The zero-order valence-electron chi connectivity index (χ0n) is 17.2. The predicted molar refractivity (Wildman–Crippen MR) is 103 cm³/mol. The molecule has 2 heterocycles. The molecule has 2 aliphatic heterocycles. The van der Waals surface area contributed by atoms with E-state index in [9.17, 15) is 19.2 Å². The van der Waals surface area contributed by atoms with Crippen LogP contribution >= 0.6 is 0 Å². The van der Waals surface area contributed by atoms with Crippen LogP contribution in [0, 0.1) is 11.3 Å². The van der Waals surface area contributed by atoms with E-state index in [1.54, 1.807) is 4.90 Å². The van der Waals surface area contributed by atoms with Crippen molar-refractivity contribution in [2.75, 3.05) is 26.2 Å². The van der Waals surface area contributed by atoms with Gasteiger partial charge in [-0.2, -0.15) is 0 Å². The summed E-state index contributed by atoms with van der Waals surface area (Å²) >= 11 is 0. The molecule has 28 heavy (non-hydrogen) atoms. The molecule has 8 heteroatoms. The van der Waals surface area contributed by atoms with E-state index in [2.05, 4.69) is 31.4 Å². The molecular weight excluding hydrogens is 360 g/mol. The van der Waals surface area contributed by atoms with E-state index in [0.717, 1.165) is 37.3 Å². The molecule has 156 valence electrons. The zero-order valence-corrected chi connectivity index (χ0v) is 17.2. The minimum Gasteiger partial charge on any atom is -0.354 e. The van der Waals surface area contributed by atoms with Crippen LogP contribution in [0.25, 0.3) is 0 Å². The second-order valence-electron chi connectivity index (χ2n) is 9.45. The fourth-order valence-electron chi connectivity index (χ4n) is 5.28. The first kappa shape index (κ1) is 20.6. The number of nitrogens with one attached hydrogen (secondary N) is 2. The Morgan fingerprint density at radius 1 is 1.18 bits per heavy atom. The van der Waals surface area contributed by atoms with Crippen LogP contribution in [0.15, 0.2) is 0 Å². The Bertz CT molecular complexity index is 671. The highest BCUT2D eigenvalue weighted by Gasteiger charge is 2.56. The highest BCUT2D eigenvalue weighted by molar-refractivity contribution is 6.09. The molecule has 2 atom stereocenters. The monoisotopic (exact) mass is 392 g/mol. The Hall–Kier alpha value is -2.12. The van der Waals surface area contributed by atoms with Gasteiger partial charge in [-0.25, -0.2) is 4.79 Å². The van der Waals surface area contributed by atoms with Crippen molar-refractivity contribution in [3.05, 3.63) is 0 Å². The Morgan fingerprint density at radius 3 is 2.50 bits per heavy atom. The summed E-state index contributed by atoms with van der Waals surface area (Å²) in [4.78, 5) is 52.5. The molecule has 8 nitrogen and oxygen atoms in total. The summed E-state index contributed by atoms with van der Waals surface area (Å²) in [6.07, 6.45) is 4.48. The number of rotatable bonds is 5. The molecule has 2 N–H and O–H groups in total. The van der Waals surface area contributed by atoms with Crippen molar-refractivity contribution < 1.29 is 19.2 Å².